The Morgan fingerprint density at radius 2 is 1.84 bits per heavy atom. The summed E-state index contributed by atoms with van der Waals surface area (Å²) >= 11 is 5.64. The molecular formula is C12H9ClN2O3S. The van der Waals surface area contributed by atoms with Gasteiger partial charge >= 0.3 is 0 Å². The molecule has 2 rings (SSSR count). The average Bonchev–Trinajstić information content (AvgIpc) is 2.39. The fourth-order valence-electron chi connectivity index (χ4n) is 1.38. The normalized spacial score (nSPS) is 11.0. The van der Waals surface area contributed by atoms with Crippen molar-refractivity contribution in [2.24, 2.45) is 0 Å². The van der Waals surface area contributed by atoms with E-state index in [2.05, 4.69) is 4.98 Å². The monoisotopic (exact) mass is 296 g/mol. The first-order chi connectivity index (χ1) is 8.99. The molecule has 0 aliphatic carbocycles. The molecule has 0 spiro atoms. The van der Waals surface area contributed by atoms with Crippen LogP contribution < -0.4 is 4.72 Å². The Morgan fingerprint density at radius 1 is 1.16 bits per heavy atom. The molecule has 0 aliphatic heterocycles. The first-order valence-electron chi connectivity index (χ1n) is 5.23. The van der Waals surface area contributed by atoms with Crippen LogP contribution in [0, 0.1) is 0 Å². The molecule has 0 saturated heterocycles. The van der Waals surface area contributed by atoms with Crippen LogP contribution in [0.25, 0.3) is 0 Å². The molecular weight excluding hydrogens is 288 g/mol. The van der Waals surface area contributed by atoms with Crippen LogP contribution in [0.1, 0.15) is 10.4 Å². The first kappa shape index (κ1) is 13.5. The number of carbonyl (C=O) groups excluding carboxylic acids is 1. The summed E-state index contributed by atoms with van der Waals surface area (Å²) in [5, 5.41) is 0.116. The lowest BCUT2D eigenvalue weighted by atomic mass is 10.3. The number of rotatable bonds is 3. The third-order valence-corrected chi connectivity index (χ3v) is 3.82. The molecule has 0 atom stereocenters. The Kier molecular flexibility index (Phi) is 3.82. The van der Waals surface area contributed by atoms with Gasteiger partial charge in [-0.3, -0.25) is 4.79 Å². The van der Waals surface area contributed by atoms with Gasteiger partial charge in [0.1, 0.15) is 5.15 Å². The number of amides is 1. The lowest BCUT2D eigenvalue weighted by Crippen LogP contribution is -2.30. The highest BCUT2D eigenvalue weighted by atomic mass is 35.5. The van der Waals surface area contributed by atoms with Gasteiger partial charge in [0.25, 0.3) is 15.9 Å². The second-order valence-corrected chi connectivity index (χ2v) is 5.68. The van der Waals surface area contributed by atoms with Crippen molar-refractivity contribution in [3.05, 3.63) is 59.4 Å². The van der Waals surface area contributed by atoms with E-state index in [1.165, 1.54) is 30.5 Å². The number of carbonyl (C=O) groups is 1. The summed E-state index contributed by atoms with van der Waals surface area (Å²) in [6.45, 7) is 0. The van der Waals surface area contributed by atoms with Gasteiger partial charge in [-0.1, -0.05) is 29.8 Å². The summed E-state index contributed by atoms with van der Waals surface area (Å²) in [4.78, 5) is 15.5. The van der Waals surface area contributed by atoms with Crippen LogP contribution in [0.15, 0.2) is 53.6 Å². The lowest BCUT2D eigenvalue weighted by Gasteiger charge is -2.06. The van der Waals surface area contributed by atoms with Crippen molar-refractivity contribution in [2.75, 3.05) is 0 Å². The minimum Gasteiger partial charge on any atom is -0.268 e. The zero-order valence-electron chi connectivity index (χ0n) is 9.58. The highest BCUT2D eigenvalue weighted by molar-refractivity contribution is 7.90. The smallest absolute Gasteiger partial charge is 0.265 e. The Labute approximate surface area is 115 Å². The van der Waals surface area contributed by atoms with Crippen molar-refractivity contribution >= 4 is 27.5 Å². The number of pyridine rings is 1. The SMILES string of the molecule is O=C(NS(=O)(=O)c1ccccc1)c1ccnc(Cl)c1. The number of aromatic nitrogens is 1. The van der Waals surface area contributed by atoms with Gasteiger partial charge in [0, 0.05) is 11.8 Å². The summed E-state index contributed by atoms with van der Waals surface area (Å²) in [7, 11) is -3.88. The van der Waals surface area contributed by atoms with E-state index in [1.807, 2.05) is 4.72 Å². The van der Waals surface area contributed by atoms with Gasteiger partial charge < -0.3 is 0 Å². The molecule has 1 aromatic heterocycles. The number of benzene rings is 1. The molecule has 1 heterocycles. The summed E-state index contributed by atoms with van der Waals surface area (Å²) in [6, 6.07) is 10.3. The molecule has 2 aromatic rings. The molecule has 1 aromatic carbocycles. The fraction of sp³-hybridized carbons (Fsp3) is 0. The van der Waals surface area contributed by atoms with Crippen LogP contribution in [0.2, 0.25) is 5.15 Å². The predicted molar refractivity (Wildman–Crippen MR) is 70.3 cm³/mol. The molecule has 0 unspecified atom stereocenters. The molecule has 0 fully saturated rings. The number of hydrogen-bond acceptors (Lipinski definition) is 4. The Morgan fingerprint density at radius 3 is 2.47 bits per heavy atom. The maximum atomic E-state index is 11.9. The molecule has 0 bridgehead atoms. The first-order valence-corrected chi connectivity index (χ1v) is 7.09. The second-order valence-electron chi connectivity index (χ2n) is 3.61. The molecule has 98 valence electrons. The Hall–Kier alpha value is -1.92. The van der Waals surface area contributed by atoms with E-state index < -0.39 is 15.9 Å². The molecule has 1 amide bonds. The minimum absolute atomic E-state index is 0.0171. The zero-order chi connectivity index (χ0) is 13.9. The van der Waals surface area contributed by atoms with Crippen LogP contribution in [0.4, 0.5) is 0 Å². The molecule has 7 heteroatoms. The summed E-state index contributed by atoms with van der Waals surface area (Å²) in [6.07, 6.45) is 1.33. The van der Waals surface area contributed by atoms with Crippen LogP contribution in [0.3, 0.4) is 0 Å². The quantitative estimate of drug-likeness (QED) is 0.877. The van der Waals surface area contributed by atoms with Gasteiger partial charge in [-0.2, -0.15) is 0 Å². The summed E-state index contributed by atoms with van der Waals surface area (Å²) in [5.41, 5.74) is 0.125. The number of nitrogens with one attached hydrogen (secondary N) is 1. The number of hydrogen-bond donors (Lipinski definition) is 1. The third kappa shape index (κ3) is 3.30. The Bertz CT molecular complexity index is 702. The van der Waals surface area contributed by atoms with Gasteiger partial charge in [-0.05, 0) is 24.3 Å². The van der Waals surface area contributed by atoms with Crippen molar-refractivity contribution in [1.82, 2.24) is 9.71 Å². The Balaban J connectivity index is 2.24. The highest BCUT2D eigenvalue weighted by Crippen LogP contribution is 2.10. The van der Waals surface area contributed by atoms with Crippen LogP contribution >= 0.6 is 11.6 Å². The minimum atomic E-state index is -3.88. The van der Waals surface area contributed by atoms with Gasteiger partial charge in [-0.25, -0.2) is 18.1 Å². The molecule has 0 radical (unpaired) electrons. The average molecular weight is 297 g/mol. The largest absolute Gasteiger partial charge is 0.268 e. The van der Waals surface area contributed by atoms with E-state index in [0.717, 1.165) is 0 Å². The maximum Gasteiger partial charge on any atom is 0.265 e. The predicted octanol–water partition coefficient (Wildman–Crippen LogP) is 1.85. The van der Waals surface area contributed by atoms with Crippen molar-refractivity contribution in [3.8, 4) is 0 Å². The van der Waals surface area contributed by atoms with E-state index in [1.54, 1.807) is 18.2 Å². The van der Waals surface area contributed by atoms with Gasteiger partial charge in [0.05, 0.1) is 4.90 Å². The van der Waals surface area contributed by atoms with Crippen molar-refractivity contribution in [3.63, 3.8) is 0 Å². The number of nitrogens with zero attached hydrogens (tertiary/aromatic N) is 1. The summed E-state index contributed by atoms with van der Waals surface area (Å²) in [5.74, 6) is -0.756. The van der Waals surface area contributed by atoms with E-state index in [9.17, 15) is 13.2 Å². The fourth-order valence-corrected chi connectivity index (χ4v) is 2.55. The maximum absolute atomic E-state index is 11.9. The lowest BCUT2D eigenvalue weighted by molar-refractivity contribution is 0.0981. The number of halogens is 1. The van der Waals surface area contributed by atoms with E-state index >= 15 is 0 Å². The van der Waals surface area contributed by atoms with Crippen molar-refractivity contribution in [2.45, 2.75) is 4.90 Å². The van der Waals surface area contributed by atoms with Gasteiger partial charge in [-0.15, -0.1) is 0 Å². The van der Waals surface area contributed by atoms with E-state index in [-0.39, 0.29) is 15.6 Å². The second kappa shape index (κ2) is 5.38. The molecule has 1 N–H and O–H groups in total. The van der Waals surface area contributed by atoms with Crippen molar-refractivity contribution < 1.29 is 13.2 Å². The molecule has 0 saturated carbocycles. The topological polar surface area (TPSA) is 76.1 Å². The molecule has 5 nitrogen and oxygen atoms in total. The number of sulfonamides is 1. The molecule has 0 aliphatic rings. The highest BCUT2D eigenvalue weighted by Gasteiger charge is 2.18. The third-order valence-electron chi connectivity index (χ3n) is 2.27. The van der Waals surface area contributed by atoms with Crippen LogP contribution in [-0.4, -0.2) is 19.3 Å². The standard InChI is InChI=1S/C12H9ClN2O3S/c13-11-8-9(6-7-14-11)12(16)15-19(17,18)10-4-2-1-3-5-10/h1-8H,(H,15,16). The molecule has 19 heavy (non-hydrogen) atoms. The van der Waals surface area contributed by atoms with Gasteiger partial charge in [0.2, 0.25) is 0 Å². The van der Waals surface area contributed by atoms with E-state index in [4.69, 9.17) is 11.6 Å². The van der Waals surface area contributed by atoms with E-state index in [0.29, 0.717) is 0 Å². The van der Waals surface area contributed by atoms with Crippen LogP contribution in [0.5, 0.6) is 0 Å². The van der Waals surface area contributed by atoms with Gasteiger partial charge in [0.15, 0.2) is 0 Å². The summed E-state index contributed by atoms with van der Waals surface area (Å²) < 4.78 is 25.8. The zero-order valence-corrected chi connectivity index (χ0v) is 11.1. The van der Waals surface area contributed by atoms with Crippen molar-refractivity contribution in [1.29, 1.82) is 0 Å². The van der Waals surface area contributed by atoms with Crippen LogP contribution in [-0.2, 0) is 10.0 Å².